The van der Waals surface area contributed by atoms with E-state index < -0.39 is 10.0 Å². The molecule has 0 radical (unpaired) electrons. The van der Waals surface area contributed by atoms with E-state index in [-0.39, 0.29) is 17.4 Å². The molecule has 0 amide bonds. The predicted molar refractivity (Wildman–Crippen MR) is 67.5 cm³/mol. The van der Waals surface area contributed by atoms with Crippen LogP contribution in [0.15, 0.2) is 28.6 Å². The summed E-state index contributed by atoms with van der Waals surface area (Å²) in [5.41, 5.74) is 0.653. The SMILES string of the molecule is Cn1ccc(CNS(=O)(=O)c2ccc(CO)s2)n1. The third kappa shape index (κ3) is 2.96. The van der Waals surface area contributed by atoms with Gasteiger partial charge in [-0.1, -0.05) is 0 Å². The van der Waals surface area contributed by atoms with Crippen molar-refractivity contribution in [2.24, 2.45) is 7.05 Å². The van der Waals surface area contributed by atoms with Gasteiger partial charge in [0.05, 0.1) is 18.8 Å². The van der Waals surface area contributed by atoms with Crippen molar-refractivity contribution in [1.82, 2.24) is 14.5 Å². The first-order valence-electron chi connectivity index (χ1n) is 5.19. The number of aliphatic hydroxyl groups excluding tert-OH is 1. The second-order valence-corrected chi connectivity index (χ2v) is 6.85. The molecular formula is C10H13N3O3S2. The minimum absolute atomic E-state index is 0.148. The Hall–Kier alpha value is -1.22. The molecule has 0 bridgehead atoms. The molecule has 2 rings (SSSR count). The number of hydrogen-bond acceptors (Lipinski definition) is 5. The first kappa shape index (κ1) is 13.2. The maximum Gasteiger partial charge on any atom is 0.250 e. The Kier molecular flexibility index (Phi) is 3.81. The molecule has 0 fully saturated rings. The average molecular weight is 287 g/mol. The van der Waals surface area contributed by atoms with Gasteiger partial charge >= 0.3 is 0 Å². The molecule has 0 atom stereocenters. The molecule has 18 heavy (non-hydrogen) atoms. The van der Waals surface area contributed by atoms with Crippen LogP contribution in [0, 0.1) is 0 Å². The van der Waals surface area contributed by atoms with E-state index in [0.29, 0.717) is 10.6 Å². The van der Waals surface area contributed by atoms with Crippen molar-refractivity contribution in [2.45, 2.75) is 17.4 Å². The van der Waals surface area contributed by atoms with Gasteiger partial charge < -0.3 is 5.11 Å². The maximum absolute atomic E-state index is 11.9. The van der Waals surface area contributed by atoms with E-state index in [1.165, 1.54) is 6.07 Å². The number of thiophene rings is 1. The van der Waals surface area contributed by atoms with Gasteiger partial charge in [0, 0.05) is 18.1 Å². The Morgan fingerprint density at radius 1 is 1.44 bits per heavy atom. The average Bonchev–Trinajstić information content (AvgIpc) is 2.95. The highest BCUT2D eigenvalue weighted by Crippen LogP contribution is 2.21. The molecule has 0 saturated heterocycles. The van der Waals surface area contributed by atoms with Crippen LogP contribution in [-0.2, 0) is 30.2 Å². The summed E-state index contributed by atoms with van der Waals surface area (Å²) in [6.07, 6.45) is 1.75. The van der Waals surface area contributed by atoms with Crippen molar-refractivity contribution in [3.05, 3.63) is 35.0 Å². The molecule has 0 aliphatic carbocycles. The predicted octanol–water partition coefficient (Wildman–Crippen LogP) is 0.452. The summed E-state index contributed by atoms with van der Waals surface area (Å²) in [5.74, 6) is 0. The number of nitrogens with zero attached hydrogens (tertiary/aromatic N) is 2. The smallest absolute Gasteiger partial charge is 0.250 e. The van der Waals surface area contributed by atoms with E-state index in [2.05, 4.69) is 9.82 Å². The first-order chi connectivity index (χ1) is 8.51. The monoisotopic (exact) mass is 287 g/mol. The molecule has 0 aliphatic rings. The van der Waals surface area contributed by atoms with Crippen LogP contribution in [0.1, 0.15) is 10.6 Å². The van der Waals surface area contributed by atoms with E-state index >= 15 is 0 Å². The van der Waals surface area contributed by atoms with Gasteiger partial charge in [0.15, 0.2) is 0 Å². The van der Waals surface area contributed by atoms with E-state index in [1.807, 2.05) is 0 Å². The van der Waals surface area contributed by atoms with Crippen molar-refractivity contribution >= 4 is 21.4 Å². The van der Waals surface area contributed by atoms with Crippen LogP contribution < -0.4 is 4.72 Å². The molecule has 0 saturated carbocycles. The summed E-state index contributed by atoms with van der Waals surface area (Å²) in [5, 5.41) is 13.0. The molecule has 98 valence electrons. The van der Waals surface area contributed by atoms with Gasteiger partial charge in [0.1, 0.15) is 4.21 Å². The van der Waals surface area contributed by atoms with E-state index in [1.54, 1.807) is 30.1 Å². The molecule has 2 aromatic heterocycles. The number of nitrogens with one attached hydrogen (secondary N) is 1. The number of rotatable bonds is 5. The number of hydrogen-bond donors (Lipinski definition) is 2. The number of aromatic nitrogens is 2. The topological polar surface area (TPSA) is 84.2 Å². The van der Waals surface area contributed by atoms with Crippen LogP contribution in [0.25, 0.3) is 0 Å². The van der Waals surface area contributed by atoms with Crippen LogP contribution >= 0.6 is 11.3 Å². The third-order valence-electron chi connectivity index (χ3n) is 2.27. The highest BCUT2D eigenvalue weighted by molar-refractivity contribution is 7.91. The van der Waals surface area contributed by atoms with Gasteiger partial charge in [-0.25, -0.2) is 13.1 Å². The summed E-state index contributed by atoms with van der Waals surface area (Å²) in [4.78, 5) is 0.619. The van der Waals surface area contributed by atoms with Gasteiger partial charge in [-0.15, -0.1) is 11.3 Å². The van der Waals surface area contributed by atoms with Gasteiger partial charge in [0.2, 0.25) is 10.0 Å². The maximum atomic E-state index is 11.9. The summed E-state index contributed by atoms with van der Waals surface area (Å²) in [7, 11) is -1.76. The Balaban J connectivity index is 2.07. The number of sulfonamides is 1. The van der Waals surface area contributed by atoms with Crippen LogP contribution in [-0.4, -0.2) is 23.3 Å². The second kappa shape index (κ2) is 5.19. The fraction of sp³-hybridized carbons (Fsp3) is 0.300. The van der Waals surface area contributed by atoms with Crippen LogP contribution in [0.4, 0.5) is 0 Å². The van der Waals surface area contributed by atoms with E-state index in [0.717, 1.165) is 11.3 Å². The molecule has 0 unspecified atom stereocenters. The van der Waals surface area contributed by atoms with Crippen LogP contribution in [0.3, 0.4) is 0 Å². The van der Waals surface area contributed by atoms with Crippen molar-refractivity contribution in [3.8, 4) is 0 Å². The van der Waals surface area contributed by atoms with E-state index in [9.17, 15) is 8.42 Å². The van der Waals surface area contributed by atoms with Gasteiger partial charge in [-0.3, -0.25) is 4.68 Å². The van der Waals surface area contributed by atoms with Crippen molar-refractivity contribution in [1.29, 1.82) is 0 Å². The molecule has 8 heteroatoms. The van der Waals surface area contributed by atoms with E-state index in [4.69, 9.17) is 5.11 Å². The minimum Gasteiger partial charge on any atom is -0.391 e. The normalized spacial score (nSPS) is 11.9. The first-order valence-corrected chi connectivity index (χ1v) is 7.49. The molecule has 0 aromatic carbocycles. The lowest BCUT2D eigenvalue weighted by Gasteiger charge is -2.02. The summed E-state index contributed by atoms with van der Waals surface area (Å²) in [6, 6.07) is 4.83. The Morgan fingerprint density at radius 3 is 2.78 bits per heavy atom. The van der Waals surface area contributed by atoms with Crippen molar-refractivity contribution in [2.75, 3.05) is 0 Å². The molecule has 6 nitrogen and oxygen atoms in total. The lowest BCUT2D eigenvalue weighted by molar-refractivity contribution is 0.285. The zero-order valence-corrected chi connectivity index (χ0v) is 11.3. The number of aryl methyl sites for hydroxylation is 1. The Morgan fingerprint density at radius 2 is 2.22 bits per heavy atom. The molecule has 0 aliphatic heterocycles. The van der Waals surface area contributed by atoms with Crippen LogP contribution in [0.2, 0.25) is 0 Å². The standard InChI is InChI=1S/C10H13N3O3S2/c1-13-5-4-8(12-13)6-11-18(15,16)10-3-2-9(7-14)17-10/h2-5,11,14H,6-7H2,1H3. The van der Waals surface area contributed by atoms with Gasteiger partial charge in [0.25, 0.3) is 0 Å². The third-order valence-corrected chi connectivity index (χ3v) is 5.23. The fourth-order valence-electron chi connectivity index (χ4n) is 1.39. The zero-order chi connectivity index (χ0) is 13.2. The molecule has 2 N–H and O–H groups in total. The van der Waals surface area contributed by atoms with Crippen molar-refractivity contribution < 1.29 is 13.5 Å². The Bertz CT molecular complexity index is 630. The number of aliphatic hydroxyl groups is 1. The quantitative estimate of drug-likeness (QED) is 0.836. The fourth-order valence-corrected chi connectivity index (χ4v) is 3.64. The summed E-state index contributed by atoms with van der Waals surface area (Å²) >= 11 is 1.05. The highest BCUT2D eigenvalue weighted by atomic mass is 32.2. The largest absolute Gasteiger partial charge is 0.391 e. The summed E-state index contributed by atoms with van der Waals surface area (Å²) < 4.78 is 28.1. The lowest BCUT2D eigenvalue weighted by atomic mass is 10.4. The summed E-state index contributed by atoms with van der Waals surface area (Å²) in [6.45, 7) is -0.00401. The van der Waals surface area contributed by atoms with Gasteiger partial charge in [-0.2, -0.15) is 5.10 Å². The second-order valence-electron chi connectivity index (χ2n) is 3.68. The molecule has 2 aromatic rings. The zero-order valence-electron chi connectivity index (χ0n) is 9.70. The van der Waals surface area contributed by atoms with Crippen molar-refractivity contribution in [3.63, 3.8) is 0 Å². The Labute approximate surface area is 109 Å². The lowest BCUT2D eigenvalue weighted by Crippen LogP contribution is -2.22. The van der Waals surface area contributed by atoms with Gasteiger partial charge in [-0.05, 0) is 18.2 Å². The molecular weight excluding hydrogens is 274 g/mol. The minimum atomic E-state index is -3.53. The highest BCUT2D eigenvalue weighted by Gasteiger charge is 2.16. The molecule has 0 spiro atoms. The molecule has 2 heterocycles. The van der Waals surface area contributed by atoms with Crippen LogP contribution in [0.5, 0.6) is 0 Å².